The van der Waals surface area contributed by atoms with Gasteiger partial charge in [-0.25, -0.2) is 0 Å². The molecule has 0 aromatic carbocycles. The molecular formula is C12H18BrNO8. The van der Waals surface area contributed by atoms with Crippen molar-refractivity contribution in [2.45, 2.75) is 49.8 Å². The molecular weight excluding hydrogens is 366 g/mol. The van der Waals surface area contributed by atoms with Crippen molar-refractivity contribution >= 4 is 33.8 Å². The highest BCUT2D eigenvalue weighted by atomic mass is 79.9. The number of rotatable bonds is 4. The van der Waals surface area contributed by atoms with Crippen molar-refractivity contribution in [3.05, 3.63) is 0 Å². The summed E-state index contributed by atoms with van der Waals surface area (Å²) in [5, 5.41) is 10.3. The van der Waals surface area contributed by atoms with E-state index in [9.17, 15) is 19.5 Å². The van der Waals surface area contributed by atoms with Crippen molar-refractivity contribution < 1.29 is 38.4 Å². The Morgan fingerprint density at radius 2 is 1.73 bits per heavy atom. The van der Waals surface area contributed by atoms with Gasteiger partial charge in [0.2, 0.25) is 4.63 Å². The van der Waals surface area contributed by atoms with Crippen LogP contribution in [-0.4, -0.2) is 58.7 Å². The minimum absolute atomic E-state index is 0.304. The van der Waals surface area contributed by atoms with Crippen LogP contribution in [0.4, 0.5) is 0 Å². The fourth-order valence-electron chi connectivity index (χ4n) is 1.99. The molecule has 0 saturated carbocycles. The SMILES string of the molecule is CC(=O)OC[C@H]1O[C@](N)(Br)[C@H](OC(C)=O)[C@@H](O)[C@@H]1OC(C)=O. The van der Waals surface area contributed by atoms with Crippen LogP contribution in [0.3, 0.4) is 0 Å². The fraction of sp³-hybridized carbons (Fsp3) is 0.750. The van der Waals surface area contributed by atoms with Gasteiger partial charge >= 0.3 is 17.9 Å². The van der Waals surface area contributed by atoms with E-state index in [-0.39, 0.29) is 6.61 Å². The van der Waals surface area contributed by atoms with Gasteiger partial charge in [0.1, 0.15) is 18.8 Å². The molecule has 0 unspecified atom stereocenters. The molecule has 1 rings (SSSR count). The molecule has 0 bridgehead atoms. The number of hydrogen-bond acceptors (Lipinski definition) is 9. The average Bonchev–Trinajstić information content (AvgIpc) is 2.35. The van der Waals surface area contributed by atoms with Gasteiger partial charge < -0.3 is 24.1 Å². The molecule has 9 nitrogen and oxygen atoms in total. The molecule has 126 valence electrons. The van der Waals surface area contributed by atoms with E-state index in [4.69, 9.17) is 24.7 Å². The van der Waals surface area contributed by atoms with Crippen LogP contribution in [-0.2, 0) is 33.3 Å². The highest BCUT2D eigenvalue weighted by Crippen LogP contribution is 2.34. The molecule has 0 amide bonds. The molecule has 0 radical (unpaired) electrons. The van der Waals surface area contributed by atoms with Crippen molar-refractivity contribution in [2.24, 2.45) is 5.73 Å². The Morgan fingerprint density at radius 1 is 1.18 bits per heavy atom. The number of carbonyl (C=O) groups is 3. The van der Waals surface area contributed by atoms with Crippen LogP contribution in [0.5, 0.6) is 0 Å². The Balaban J connectivity index is 3.00. The van der Waals surface area contributed by atoms with Crippen LogP contribution in [0.1, 0.15) is 20.8 Å². The second kappa shape index (κ2) is 7.36. The third kappa shape index (κ3) is 4.90. The lowest BCUT2D eigenvalue weighted by molar-refractivity contribution is -0.253. The number of esters is 3. The van der Waals surface area contributed by atoms with Crippen molar-refractivity contribution in [1.29, 1.82) is 0 Å². The lowest BCUT2D eigenvalue weighted by atomic mass is 9.98. The molecule has 5 atom stereocenters. The summed E-state index contributed by atoms with van der Waals surface area (Å²) in [6, 6.07) is 0. The largest absolute Gasteiger partial charge is 0.463 e. The van der Waals surface area contributed by atoms with Crippen LogP contribution >= 0.6 is 15.9 Å². The smallest absolute Gasteiger partial charge is 0.303 e. The molecule has 1 aliphatic heterocycles. The number of carbonyl (C=O) groups excluding carboxylic acids is 3. The van der Waals surface area contributed by atoms with Gasteiger partial charge in [0.05, 0.1) is 0 Å². The molecule has 1 saturated heterocycles. The summed E-state index contributed by atoms with van der Waals surface area (Å²) in [4.78, 5) is 33.2. The van der Waals surface area contributed by atoms with Crippen LogP contribution in [0, 0.1) is 0 Å². The Morgan fingerprint density at radius 3 is 2.18 bits per heavy atom. The third-order valence-electron chi connectivity index (χ3n) is 2.78. The maximum Gasteiger partial charge on any atom is 0.303 e. The van der Waals surface area contributed by atoms with E-state index in [1.165, 1.54) is 6.92 Å². The van der Waals surface area contributed by atoms with E-state index in [0.717, 1.165) is 13.8 Å². The van der Waals surface area contributed by atoms with Crippen molar-refractivity contribution in [3.63, 3.8) is 0 Å². The quantitative estimate of drug-likeness (QED) is 0.276. The summed E-state index contributed by atoms with van der Waals surface area (Å²) in [5.74, 6) is -1.98. The molecule has 1 heterocycles. The topological polar surface area (TPSA) is 134 Å². The first kappa shape index (κ1) is 18.8. The van der Waals surface area contributed by atoms with Gasteiger partial charge in [0, 0.05) is 20.8 Å². The molecule has 0 aromatic heterocycles. The van der Waals surface area contributed by atoms with Crippen LogP contribution in [0.2, 0.25) is 0 Å². The second-order valence-electron chi connectivity index (χ2n) is 4.75. The molecule has 0 spiro atoms. The Bertz CT molecular complexity index is 452. The maximum atomic E-state index is 11.2. The first-order valence-electron chi connectivity index (χ1n) is 6.36. The molecule has 22 heavy (non-hydrogen) atoms. The number of hydrogen-bond donors (Lipinski definition) is 2. The second-order valence-corrected chi connectivity index (χ2v) is 5.99. The lowest BCUT2D eigenvalue weighted by Crippen LogP contribution is -2.68. The summed E-state index contributed by atoms with van der Waals surface area (Å²) < 4.78 is 18.4. The Labute approximate surface area is 135 Å². The van der Waals surface area contributed by atoms with Gasteiger partial charge in [0.25, 0.3) is 0 Å². The van der Waals surface area contributed by atoms with Crippen LogP contribution in [0.25, 0.3) is 0 Å². The van der Waals surface area contributed by atoms with E-state index in [1.807, 2.05) is 0 Å². The van der Waals surface area contributed by atoms with Crippen LogP contribution < -0.4 is 5.73 Å². The van der Waals surface area contributed by atoms with E-state index < -0.39 is 47.0 Å². The summed E-state index contributed by atoms with van der Waals surface area (Å²) >= 11 is 3.01. The van der Waals surface area contributed by atoms with Gasteiger partial charge in [0.15, 0.2) is 12.2 Å². The van der Waals surface area contributed by atoms with E-state index in [1.54, 1.807) is 0 Å². The number of halogens is 1. The Kier molecular flexibility index (Phi) is 6.29. The normalized spacial score (nSPS) is 34.6. The first-order valence-corrected chi connectivity index (χ1v) is 7.15. The first-order chi connectivity index (χ1) is 10.0. The predicted molar refractivity (Wildman–Crippen MR) is 74.5 cm³/mol. The highest BCUT2D eigenvalue weighted by Gasteiger charge is 2.55. The minimum atomic E-state index is -1.74. The van der Waals surface area contributed by atoms with Gasteiger partial charge in [-0.3, -0.25) is 20.1 Å². The minimum Gasteiger partial charge on any atom is -0.463 e. The number of nitrogens with two attached hydrogens (primary N) is 1. The third-order valence-corrected chi connectivity index (χ3v) is 3.42. The predicted octanol–water partition coefficient (Wildman–Crippen LogP) is -0.820. The molecule has 10 heteroatoms. The van der Waals surface area contributed by atoms with E-state index >= 15 is 0 Å². The zero-order chi connectivity index (χ0) is 17.1. The standard InChI is InChI=1S/C12H18BrNO8/c1-5(15)19-4-8-10(20-6(2)16)9(18)11(21-7(3)17)12(13,14)22-8/h8-11,18H,4,14H2,1-3H3/t8-,9+,10-,11-,12+/m1/s1. The van der Waals surface area contributed by atoms with Gasteiger partial charge in [-0.15, -0.1) is 0 Å². The summed E-state index contributed by atoms with van der Waals surface area (Å²) in [6.45, 7) is 3.14. The van der Waals surface area contributed by atoms with E-state index in [2.05, 4.69) is 15.9 Å². The Hall–Kier alpha value is -1.23. The molecule has 1 fully saturated rings. The monoisotopic (exact) mass is 383 g/mol. The maximum absolute atomic E-state index is 11.2. The van der Waals surface area contributed by atoms with Crippen molar-refractivity contribution in [2.75, 3.05) is 6.61 Å². The van der Waals surface area contributed by atoms with Crippen molar-refractivity contribution in [1.82, 2.24) is 0 Å². The summed E-state index contributed by atoms with van der Waals surface area (Å²) in [5.41, 5.74) is 5.83. The molecule has 3 N–H and O–H groups in total. The fourth-order valence-corrected chi connectivity index (χ4v) is 2.59. The number of aliphatic hydroxyl groups excluding tert-OH is 1. The van der Waals surface area contributed by atoms with Gasteiger partial charge in [-0.2, -0.15) is 0 Å². The van der Waals surface area contributed by atoms with E-state index in [0.29, 0.717) is 0 Å². The number of aliphatic hydroxyl groups is 1. The van der Waals surface area contributed by atoms with Crippen LogP contribution in [0.15, 0.2) is 0 Å². The highest BCUT2D eigenvalue weighted by molar-refractivity contribution is 9.10. The van der Waals surface area contributed by atoms with Gasteiger partial charge in [-0.05, 0) is 15.9 Å². The number of ether oxygens (including phenoxy) is 4. The molecule has 1 aliphatic rings. The number of alkyl halides is 1. The molecule has 0 aromatic rings. The zero-order valence-corrected chi connectivity index (χ0v) is 13.9. The van der Waals surface area contributed by atoms with Crippen molar-refractivity contribution in [3.8, 4) is 0 Å². The zero-order valence-electron chi connectivity index (χ0n) is 12.3. The summed E-state index contributed by atoms with van der Waals surface area (Å²) in [6.07, 6.45) is -5.08. The molecule has 0 aliphatic carbocycles. The summed E-state index contributed by atoms with van der Waals surface area (Å²) in [7, 11) is 0. The van der Waals surface area contributed by atoms with Gasteiger partial charge in [-0.1, -0.05) is 0 Å². The average molecular weight is 384 g/mol. The lowest BCUT2D eigenvalue weighted by Gasteiger charge is -2.45.